The van der Waals surface area contributed by atoms with Gasteiger partial charge in [-0.2, -0.15) is 0 Å². The summed E-state index contributed by atoms with van der Waals surface area (Å²) in [6.07, 6.45) is 4.71. The minimum Gasteiger partial charge on any atom is -0.481 e. The number of rotatable bonds is 3. The number of aryl methyl sites for hydroxylation is 1. The molecule has 0 aliphatic carbocycles. The van der Waals surface area contributed by atoms with Gasteiger partial charge in [-0.1, -0.05) is 6.07 Å². The summed E-state index contributed by atoms with van der Waals surface area (Å²) in [7, 11) is 0. The van der Waals surface area contributed by atoms with Gasteiger partial charge in [0.15, 0.2) is 0 Å². The second kappa shape index (κ2) is 3.54. The van der Waals surface area contributed by atoms with Gasteiger partial charge in [0.1, 0.15) is 0 Å². The van der Waals surface area contributed by atoms with Crippen LogP contribution in [0.3, 0.4) is 0 Å². The van der Waals surface area contributed by atoms with Crippen molar-refractivity contribution in [3.63, 3.8) is 0 Å². The van der Waals surface area contributed by atoms with Crippen molar-refractivity contribution in [2.24, 2.45) is 0 Å². The SMILES string of the molecule is O=C(O)CCc1cc2ccccn2c1. The summed E-state index contributed by atoms with van der Waals surface area (Å²) < 4.78 is 2.00. The van der Waals surface area contributed by atoms with E-state index in [4.69, 9.17) is 5.11 Å². The van der Waals surface area contributed by atoms with E-state index in [1.807, 2.05) is 41.1 Å². The quantitative estimate of drug-likeness (QED) is 0.801. The largest absolute Gasteiger partial charge is 0.481 e. The molecule has 0 fully saturated rings. The Kier molecular flexibility index (Phi) is 2.23. The predicted molar refractivity (Wildman–Crippen MR) is 53.4 cm³/mol. The fourth-order valence-electron chi connectivity index (χ4n) is 1.50. The van der Waals surface area contributed by atoms with Crippen LogP contribution in [0, 0.1) is 0 Å². The average molecular weight is 189 g/mol. The first-order chi connectivity index (χ1) is 6.75. The molecule has 1 N–H and O–H groups in total. The van der Waals surface area contributed by atoms with Crippen LogP contribution in [0.4, 0.5) is 0 Å². The molecule has 72 valence electrons. The van der Waals surface area contributed by atoms with Crippen molar-refractivity contribution in [3.8, 4) is 0 Å². The number of pyridine rings is 1. The van der Waals surface area contributed by atoms with Gasteiger partial charge < -0.3 is 9.51 Å². The Bertz CT molecular complexity index is 426. The minimum absolute atomic E-state index is 0.191. The summed E-state index contributed by atoms with van der Waals surface area (Å²) in [5.74, 6) is -0.750. The molecule has 3 nitrogen and oxygen atoms in total. The van der Waals surface area contributed by atoms with Crippen molar-refractivity contribution in [1.29, 1.82) is 0 Å². The molecule has 0 unspecified atom stereocenters. The molecule has 2 aromatic heterocycles. The summed E-state index contributed by atoms with van der Waals surface area (Å²) in [5.41, 5.74) is 2.17. The van der Waals surface area contributed by atoms with Crippen molar-refractivity contribution < 1.29 is 9.90 Å². The van der Waals surface area contributed by atoms with E-state index in [-0.39, 0.29) is 6.42 Å². The number of aliphatic carboxylic acids is 1. The Morgan fingerprint density at radius 2 is 2.29 bits per heavy atom. The maximum atomic E-state index is 10.4. The Balaban J connectivity index is 2.22. The van der Waals surface area contributed by atoms with Gasteiger partial charge in [0.25, 0.3) is 0 Å². The molecule has 3 heteroatoms. The number of hydrogen-bond acceptors (Lipinski definition) is 1. The number of hydrogen-bond donors (Lipinski definition) is 1. The van der Waals surface area contributed by atoms with Crippen LogP contribution in [0.25, 0.3) is 5.52 Å². The zero-order valence-corrected chi connectivity index (χ0v) is 7.68. The average Bonchev–Trinajstić information content (AvgIpc) is 2.57. The van der Waals surface area contributed by atoms with E-state index in [0.29, 0.717) is 6.42 Å². The molecule has 2 aromatic rings. The molecule has 2 rings (SSSR count). The Morgan fingerprint density at radius 3 is 3.00 bits per heavy atom. The van der Waals surface area contributed by atoms with E-state index in [2.05, 4.69) is 0 Å². The van der Waals surface area contributed by atoms with E-state index in [0.717, 1.165) is 11.1 Å². The lowest BCUT2D eigenvalue weighted by atomic mass is 10.2. The van der Waals surface area contributed by atoms with Crippen LogP contribution in [0.2, 0.25) is 0 Å². The number of carboxylic acids is 1. The molecule has 0 amide bonds. The second-order valence-corrected chi connectivity index (χ2v) is 3.27. The molecule has 0 radical (unpaired) electrons. The molecule has 14 heavy (non-hydrogen) atoms. The normalized spacial score (nSPS) is 10.6. The van der Waals surface area contributed by atoms with Crippen molar-refractivity contribution in [3.05, 3.63) is 42.2 Å². The molecule has 0 aliphatic heterocycles. The highest BCUT2D eigenvalue weighted by atomic mass is 16.4. The van der Waals surface area contributed by atoms with E-state index in [1.54, 1.807) is 0 Å². The van der Waals surface area contributed by atoms with Crippen molar-refractivity contribution >= 4 is 11.5 Å². The summed E-state index contributed by atoms with van der Waals surface area (Å²) in [6, 6.07) is 7.94. The summed E-state index contributed by atoms with van der Waals surface area (Å²) in [5, 5.41) is 8.54. The smallest absolute Gasteiger partial charge is 0.303 e. The monoisotopic (exact) mass is 189 g/mol. The molecule has 0 aromatic carbocycles. The third-order valence-electron chi connectivity index (χ3n) is 2.19. The topological polar surface area (TPSA) is 41.7 Å². The van der Waals surface area contributed by atoms with Crippen LogP contribution in [-0.4, -0.2) is 15.5 Å². The Labute approximate surface area is 81.6 Å². The van der Waals surface area contributed by atoms with Crippen molar-refractivity contribution in [2.45, 2.75) is 12.8 Å². The van der Waals surface area contributed by atoms with E-state index in [1.165, 1.54) is 0 Å². The summed E-state index contributed by atoms with van der Waals surface area (Å²) >= 11 is 0. The number of carboxylic acid groups (broad SMARTS) is 1. The molecule has 0 saturated heterocycles. The van der Waals surface area contributed by atoms with Gasteiger partial charge >= 0.3 is 5.97 Å². The lowest BCUT2D eigenvalue weighted by Crippen LogP contribution is -1.96. The molecule has 0 aliphatic rings. The van der Waals surface area contributed by atoms with Gasteiger partial charge in [-0.3, -0.25) is 4.79 Å². The van der Waals surface area contributed by atoms with E-state index in [9.17, 15) is 4.79 Å². The third-order valence-corrected chi connectivity index (χ3v) is 2.19. The van der Waals surface area contributed by atoms with Crippen LogP contribution in [0.1, 0.15) is 12.0 Å². The van der Waals surface area contributed by atoms with Crippen LogP contribution < -0.4 is 0 Å². The molecule has 0 atom stereocenters. The second-order valence-electron chi connectivity index (χ2n) is 3.27. The van der Waals surface area contributed by atoms with Gasteiger partial charge in [-0.25, -0.2) is 0 Å². The van der Waals surface area contributed by atoms with E-state index < -0.39 is 5.97 Å². The summed E-state index contributed by atoms with van der Waals surface area (Å²) in [4.78, 5) is 10.4. The standard InChI is InChI=1S/C11H11NO2/c13-11(14)5-4-9-7-10-3-1-2-6-12(10)8-9/h1-3,6-8H,4-5H2,(H,13,14). The first-order valence-corrected chi connectivity index (χ1v) is 4.53. The maximum absolute atomic E-state index is 10.4. The minimum atomic E-state index is -0.750. The van der Waals surface area contributed by atoms with Crippen LogP contribution in [0.5, 0.6) is 0 Å². The number of nitrogens with zero attached hydrogens (tertiary/aromatic N) is 1. The molecule has 2 heterocycles. The van der Waals surface area contributed by atoms with Crippen LogP contribution in [-0.2, 0) is 11.2 Å². The highest BCUT2D eigenvalue weighted by Crippen LogP contribution is 2.11. The first kappa shape index (κ1) is 8.81. The number of carbonyl (C=O) groups is 1. The fourth-order valence-corrected chi connectivity index (χ4v) is 1.50. The lowest BCUT2D eigenvalue weighted by Gasteiger charge is -1.90. The fraction of sp³-hybridized carbons (Fsp3) is 0.182. The van der Waals surface area contributed by atoms with Gasteiger partial charge in [0, 0.05) is 24.3 Å². The van der Waals surface area contributed by atoms with Gasteiger partial charge in [-0.15, -0.1) is 0 Å². The number of aromatic nitrogens is 1. The van der Waals surface area contributed by atoms with Crippen molar-refractivity contribution in [2.75, 3.05) is 0 Å². The van der Waals surface area contributed by atoms with Gasteiger partial charge in [-0.05, 0) is 30.2 Å². The highest BCUT2D eigenvalue weighted by Gasteiger charge is 2.01. The zero-order valence-electron chi connectivity index (χ0n) is 7.68. The van der Waals surface area contributed by atoms with Gasteiger partial charge in [0.05, 0.1) is 0 Å². The molecular formula is C11H11NO2. The predicted octanol–water partition coefficient (Wildman–Crippen LogP) is 1.96. The van der Waals surface area contributed by atoms with Crippen LogP contribution >= 0.6 is 0 Å². The van der Waals surface area contributed by atoms with Crippen LogP contribution in [0.15, 0.2) is 36.7 Å². The van der Waals surface area contributed by atoms with Crippen molar-refractivity contribution in [1.82, 2.24) is 4.40 Å². The molecular weight excluding hydrogens is 178 g/mol. The Hall–Kier alpha value is -1.77. The molecule has 0 saturated carbocycles. The number of fused-ring (bicyclic) bond motifs is 1. The maximum Gasteiger partial charge on any atom is 0.303 e. The third kappa shape index (κ3) is 1.76. The zero-order chi connectivity index (χ0) is 9.97. The lowest BCUT2D eigenvalue weighted by molar-refractivity contribution is -0.136. The molecule has 0 spiro atoms. The van der Waals surface area contributed by atoms with E-state index >= 15 is 0 Å². The Morgan fingerprint density at radius 1 is 1.43 bits per heavy atom. The first-order valence-electron chi connectivity index (χ1n) is 4.53. The molecule has 0 bridgehead atoms. The van der Waals surface area contributed by atoms with Gasteiger partial charge in [0.2, 0.25) is 0 Å². The summed E-state index contributed by atoms with van der Waals surface area (Å²) in [6.45, 7) is 0. The highest BCUT2D eigenvalue weighted by molar-refractivity contribution is 5.67.